The van der Waals surface area contributed by atoms with Crippen LogP contribution in [0.5, 0.6) is 0 Å². The minimum absolute atomic E-state index is 0. The van der Waals surface area contributed by atoms with E-state index in [0.29, 0.717) is 31.7 Å². The van der Waals surface area contributed by atoms with Crippen LogP contribution in [0.1, 0.15) is 17.2 Å². The van der Waals surface area contributed by atoms with Crippen molar-refractivity contribution in [1.29, 1.82) is 0 Å². The van der Waals surface area contributed by atoms with Crippen molar-refractivity contribution in [3.05, 3.63) is 35.4 Å². The summed E-state index contributed by atoms with van der Waals surface area (Å²) in [6.07, 6.45) is -4.23. The lowest BCUT2D eigenvalue weighted by atomic mass is 10.0. The van der Waals surface area contributed by atoms with Gasteiger partial charge in [0.25, 0.3) is 0 Å². The summed E-state index contributed by atoms with van der Waals surface area (Å²) in [5.41, 5.74) is 1.20. The Hall–Kier alpha value is -0.780. The van der Waals surface area contributed by atoms with E-state index in [0.717, 1.165) is 5.56 Å². The van der Waals surface area contributed by atoms with Gasteiger partial charge in [0.05, 0.1) is 0 Å². The standard InChI is InChI=1S/C13H17F3N2.ClH/c1-10-3-2-4-11(9-10)12(13(14,15)16)18-7-5-17-6-8-18;/h2-4,9,12,17H,5-8H2,1H3;1H/t12-;/m1./s1. The van der Waals surface area contributed by atoms with Crippen molar-refractivity contribution in [1.82, 2.24) is 10.2 Å². The van der Waals surface area contributed by atoms with Crippen LogP contribution in [0.3, 0.4) is 0 Å². The largest absolute Gasteiger partial charge is 0.408 e. The minimum Gasteiger partial charge on any atom is -0.314 e. The molecule has 1 fully saturated rings. The number of halogens is 4. The molecule has 0 amide bonds. The molecule has 1 aromatic rings. The number of nitrogens with zero attached hydrogens (tertiary/aromatic N) is 1. The Morgan fingerprint density at radius 2 is 1.84 bits per heavy atom. The van der Waals surface area contributed by atoms with E-state index in [1.807, 2.05) is 13.0 Å². The van der Waals surface area contributed by atoms with Gasteiger partial charge < -0.3 is 5.32 Å². The first kappa shape index (κ1) is 16.3. The molecular formula is C13H18ClF3N2. The second kappa shape index (κ2) is 6.59. The van der Waals surface area contributed by atoms with Crippen molar-refractivity contribution in [2.75, 3.05) is 26.2 Å². The van der Waals surface area contributed by atoms with Crippen LogP contribution < -0.4 is 5.32 Å². The third-order valence-corrected chi connectivity index (χ3v) is 3.18. The third-order valence-electron chi connectivity index (χ3n) is 3.18. The molecule has 0 bridgehead atoms. The van der Waals surface area contributed by atoms with Crippen molar-refractivity contribution in [2.45, 2.75) is 19.1 Å². The fourth-order valence-corrected chi connectivity index (χ4v) is 2.39. The average Bonchev–Trinajstić information content (AvgIpc) is 2.28. The van der Waals surface area contributed by atoms with Crippen molar-refractivity contribution in [2.24, 2.45) is 0 Å². The van der Waals surface area contributed by atoms with Gasteiger partial charge in [-0.2, -0.15) is 13.2 Å². The van der Waals surface area contributed by atoms with Crippen LogP contribution in [0.25, 0.3) is 0 Å². The van der Waals surface area contributed by atoms with Crippen molar-refractivity contribution >= 4 is 12.4 Å². The molecule has 1 aromatic carbocycles. The van der Waals surface area contributed by atoms with Crippen LogP contribution in [-0.4, -0.2) is 37.3 Å². The normalized spacial score (nSPS) is 18.7. The lowest BCUT2D eigenvalue weighted by Gasteiger charge is -2.36. The Morgan fingerprint density at radius 3 is 2.37 bits per heavy atom. The Labute approximate surface area is 117 Å². The van der Waals surface area contributed by atoms with E-state index in [9.17, 15) is 13.2 Å². The highest BCUT2D eigenvalue weighted by molar-refractivity contribution is 5.85. The monoisotopic (exact) mass is 294 g/mol. The van der Waals surface area contributed by atoms with Gasteiger partial charge in [0.15, 0.2) is 0 Å². The van der Waals surface area contributed by atoms with Gasteiger partial charge >= 0.3 is 6.18 Å². The molecule has 1 heterocycles. The Balaban J connectivity index is 0.00000180. The molecule has 0 spiro atoms. The third kappa shape index (κ3) is 4.09. The molecule has 0 unspecified atom stereocenters. The van der Waals surface area contributed by atoms with Gasteiger partial charge in [-0.15, -0.1) is 12.4 Å². The molecule has 108 valence electrons. The molecule has 1 N–H and O–H groups in total. The molecule has 1 saturated heterocycles. The zero-order valence-electron chi connectivity index (χ0n) is 10.7. The number of benzene rings is 1. The highest BCUT2D eigenvalue weighted by atomic mass is 35.5. The highest BCUT2D eigenvalue weighted by Gasteiger charge is 2.44. The average molecular weight is 295 g/mol. The van der Waals surface area contributed by atoms with Crippen molar-refractivity contribution in [3.8, 4) is 0 Å². The lowest BCUT2D eigenvalue weighted by Crippen LogP contribution is -2.49. The molecule has 1 aliphatic rings. The zero-order valence-corrected chi connectivity index (χ0v) is 11.5. The summed E-state index contributed by atoms with van der Waals surface area (Å²) in [4.78, 5) is 1.51. The molecule has 0 aliphatic carbocycles. The zero-order chi connectivity index (χ0) is 13.2. The van der Waals surface area contributed by atoms with E-state index < -0.39 is 12.2 Å². The maximum Gasteiger partial charge on any atom is 0.408 e. The van der Waals surface area contributed by atoms with E-state index in [-0.39, 0.29) is 12.4 Å². The fourth-order valence-electron chi connectivity index (χ4n) is 2.39. The second-order valence-corrected chi connectivity index (χ2v) is 4.64. The maximum atomic E-state index is 13.3. The van der Waals surface area contributed by atoms with Crippen LogP contribution in [0.4, 0.5) is 13.2 Å². The van der Waals surface area contributed by atoms with Crippen LogP contribution >= 0.6 is 12.4 Å². The number of nitrogens with one attached hydrogen (secondary N) is 1. The minimum atomic E-state index is -4.23. The fraction of sp³-hybridized carbons (Fsp3) is 0.538. The molecule has 1 aliphatic heterocycles. The Kier molecular flexibility index (Phi) is 5.64. The van der Waals surface area contributed by atoms with E-state index in [2.05, 4.69) is 5.32 Å². The summed E-state index contributed by atoms with van der Waals surface area (Å²) in [5, 5.41) is 3.07. The number of hydrogen-bond acceptors (Lipinski definition) is 2. The molecule has 19 heavy (non-hydrogen) atoms. The van der Waals surface area contributed by atoms with Crippen LogP contribution in [0.15, 0.2) is 24.3 Å². The topological polar surface area (TPSA) is 15.3 Å². The molecule has 2 rings (SSSR count). The molecule has 0 aromatic heterocycles. The predicted molar refractivity (Wildman–Crippen MR) is 71.7 cm³/mol. The SMILES string of the molecule is Cc1cccc([C@@H](N2CCNCC2)C(F)(F)F)c1.Cl. The van der Waals surface area contributed by atoms with Gasteiger partial charge in [0.1, 0.15) is 6.04 Å². The molecular weight excluding hydrogens is 277 g/mol. The van der Waals surface area contributed by atoms with E-state index >= 15 is 0 Å². The summed E-state index contributed by atoms with van der Waals surface area (Å²) < 4.78 is 39.8. The van der Waals surface area contributed by atoms with E-state index in [1.165, 1.54) is 4.90 Å². The Morgan fingerprint density at radius 1 is 1.21 bits per heavy atom. The van der Waals surface area contributed by atoms with Crippen LogP contribution in [0, 0.1) is 6.92 Å². The van der Waals surface area contributed by atoms with Gasteiger partial charge in [0.2, 0.25) is 0 Å². The van der Waals surface area contributed by atoms with E-state index in [1.54, 1.807) is 18.2 Å². The van der Waals surface area contributed by atoms with Crippen LogP contribution in [0.2, 0.25) is 0 Å². The first-order valence-electron chi connectivity index (χ1n) is 6.06. The van der Waals surface area contributed by atoms with Gasteiger partial charge in [0, 0.05) is 26.2 Å². The first-order chi connectivity index (χ1) is 8.48. The number of hydrogen-bond donors (Lipinski definition) is 1. The maximum absolute atomic E-state index is 13.3. The molecule has 6 heteroatoms. The summed E-state index contributed by atoms with van der Waals surface area (Å²) in [6.45, 7) is 3.89. The Bertz CT molecular complexity index is 403. The number of piperazine rings is 1. The molecule has 0 saturated carbocycles. The first-order valence-corrected chi connectivity index (χ1v) is 6.06. The summed E-state index contributed by atoms with van der Waals surface area (Å²) in [5.74, 6) is 0. The summed E-state index contributed by atoms with van der Waals surface area (Å²) in [6, 6.07) is 5.20. The van der Waals surface area contributed by atoms with Crippen LogP contribution in [-0.2, 0) is 0 Å². The summed E-state index contributed by atoms with van der Waals surface area (Å²) in [7, 11) is 0. The summed E-state index contributed by atoms with van der Waals surface area (Å²) >= 11 is 0. The lowest BCUT2D eigenvalue weighted by molar-refractivity contribution is -0.187. The number of rotatable bonds is 2. The van der Waals surface area contributed by atoms with E-state index in [4.69, 9.17) is 0 Å². The van der Waals surface area contributed by atoms with Crippen molar-refractivity contribution in [3.63, 3.8) is 0 Å². The number of alkyl halides is 3. The predicted octanol–water partition coefficient (Wildman–Crippen LogP) is 2.93. The number of aryl methyl sites for hydroxylation is 1. The second-order valence-electron chi connectivity index (χ2n) is 4.64. The molecule has 0 radical (unpaired) electrons. The molecule has 1 atom stereocenters. The van der Waals surface area contributed by atoms with Gasteiger partial charge in [-0.25, -0.2) is 0 Å². The van der Waals surface area contributed by atoms with Gasteiger partial charge in [-0.1, -0.05) is 29.8 Å². The molecule has 2 nitrogen and oxygen atoms in total. The van der Waals surface area contributed by atoms with Gasteiger partial charge in [-0.05, 0) is 12.5 Å². The highest BCUT2D eigenvalue weighted by Crippen LogP contribution is 2.37. The quantitative estimate of drug-likeness (QED) is 0.902. The van der Waals surface area contributed by atoms with Gasteiger partial charge in [-0.3, -0.25) is 4.90 Å². The van der Waals surface area contributed by atoms with Crippen molar-refractivity contribution < 1.29 is 13.2 Å². The smallest absolute Gasteiger partial charge is 0.314 e.